The highest BCUT2D eigenvalue weighted by Crippen LogP contribution is 2.43. The molecular weight excluding hydrogens is 468 g/mol. The number of nitrogens with zero attached hydrogens (tertiary/aromatic N) is 3. The Balaban J connectivity index is 1.81. The maximum atomic E-state index is 6.31. The highest BCUT2D eigenvalue weighted by molar-refractivity contribution is 9.10. The molecule has 30 heavy (non-hydrogen) atoms. The van der Waals surface area contributed by atoms with E-state index in [0.717, 1.165) is 27.0 Å². The zero-order valence-corrected chi connectivity index (χ0v) is 19.2. The summed E-state index contributed by atoms with van der Waals surface area (Å²) >= 11 is 5.11. The van der Waals surface area contributed by atoms with Crippen LogP contribution in [0.1, 0.15) is 25.6 Å². The molecule has 0 saturated heterocycles. The van der Waals surface area contributed by atoms with Crippen molar-refractivity contribution in [1.82, 2.24) is 15.2 Å². The van der Waals surface area contributed by atoms with Crippen LogP contribution in [-0.2, 0) is 0 Å². The fraction of sp³-hybridized carbons (Fsp3) is 0.286. The van der Waals surface area contributed by atoms with E-state index in [1.165, 1.54) is 11.8 Å². The molecule has 0 radical (unpaired) electrons. The minimum atomic E-state index is -0.510. The quantitative estimate of drug-likeness (QED) is 0.466. The molecule has 0 amide bonds. The number of anilines is 1. The van der Waals surface area contributed by atoms with Crippen molar-refractivity contribution in [3.63, 3.8) is 0 Å². The number of benzene rings is 2. The Hall–Kier alpha value is -2.52. The fourth-order valence-corrected chi connectivity index (χ4v) is 4.24. The van der Waals surface area contributed by atoms with Crippen LogP contribution in [0.15, 0.2) is 46.0 Å². The molecule has 0 bridgehead atoms. The third-order valence-electron chi connectivity index (χ3n) is 4.45. The molecule has 1 aliphatic rings. The molecule has 2 heterocycles. The monoisotopic (exact) mass is 488 g/mol. The van der Waals surface area contributed by atoms with Crippen molar-refractivity contribution >= 4 is 33.4 Å². The van der Waals surface area contributed by atoms with E-state index in [2.05, 4.69) is 36.4 Å². The van der Waals surface area contributed by atoms with Crippen molar-refractivity contribution < 1.29 is 14.2 Å². The lowest BCUT2D eigenvalue weighted by atomic mass is 10.1. The van der Waals surface area contributed by atoms with E-state index in [9.17, 15) is 0 Å². The maximum Gasteiger partial charge on any atom is 0.247 e. The van der Waals surface area contributed by atoms with E-state index < -0.39 is 6.23 Å². The number of thioether (sulfide) groups is 1. The molecular formula is C21H21BrN4O3S. The number of hydrogen-bond acceptors (Lipinski definition) is 8. The van der Waals surface area contributed by atoms with Gasteiger partial charge < -0.3 is 19.5 Å². The molecule has 0 fully saturated rings. The molecule has 0 unspecified atom stereocenters. The molecule has 7 nitrogen and oxygen atoms in total. The number of ether oxygens (including phenoxy) is 3. The van der Waals surface area contributed by atoms with Gasteiger partial charge in [0.1, 0.15) is 0 Å². The van der Waals surface area contributed by atoms with Crippen molar-refractivity contribution in [2.45, 2.75) is 25.2 Å². The van der Waals surface area contributed by atoms with E-state index in [-0.39, 0.29) is 0 Å². The number of fused-ring (bicyclic) bond motifs is 3. The number of halogens is 1. The van der Waals surface area contributed by atoms with Gasteiger partial charge >= 0.3 is 0 Å². The molecule has 156 valence electrons. The maximum absolute atomic E-state index is 6.31. The van der Waals surface area contributed by atoms with Gasteiger partial charge in [-0.05, 0) is 46.8 Å². The lowest BCUT2D eigenvalue weighted by Crippen LogP contribution is -2.17. The topological polar surface area (TPSA) is 78.4 Å². The molecule has 0 spiro atoms. The Kier molecular flexibility index (Phi) is 6.29. The molecule has 1 N–H and O–H groups in total. The second kappa shape index (κ2) is 9.09. The molecule has 2 aromatic carbocycles. The largest absolute Gasteiger partial charge is 0.493 e. The zero-order valence-electron chi connectivity index (χ0n) is 16.8. The average molecular weight is 489 g/mol. The van der Waals surface area contributed by atoms with E-state index in [0.29, 0.717) is 34.8 Å². The van der Waals surface area contributed by atoms with Crippen molar-refractivity contribution in [3.05, 3.63) is 46.4 Å². The van der Waals surface area contributed by atoms with Gasteiger partial charge in [-0.1, -0.05) is 36.9 Å². The highest BCUT2D eigenvalue weighted by Gasteiger charge is 2.27. The Morgan fingerprint density at radius 3 is 2.80 bits per heavy atom. The molecule has 0 saturated carbocycles. The lowest BCUT2D eigenvalue weighted by Gasteiger charge is -2.21. The SMILES string of the molecule is CCOc1c(Br)cc([C@H]2Nc3ccccc3-c3nnc(SCC)nc3O2)cc1OC. The van der Waals surface area contributed by atoms with Crippen LogP contribution in [0.4, 0.5) is 5.69 Å². The average Bonchev–Trinajstić information content (AvgIpc) is 2.92. The van der Waals surface area contributed by atoms with E-state index in [1.54, 1.807) is 7.11 Å². The molecule has 1 aromatic heterocycles. The summed E-state index contributed by atoms with van der Waals surface area (Å²) < 4.78 is 18.4. The predicted octanol–water partition coefficient (Wildman–Crippen LogP) is 5.32. The molecule has 3 aromatic rings. The van der Waals surface area contributed by atoms with Crippen LogP contribution >= 0.6 is 27.7 Å². The van der Waals surface area contributed by atoms with Crippen LogP contribution in [0, 0.1) is 0 Å². The molecule has 1 atom stereocenters. The first-order valence-corrected chi connectivity index (χ1v) is 11.3. The Bertz CT molecular complexity index is 1070. The zero-order chi connectivity index (χ0) is 21.1. The second-order valence-electron chi connectivity index (χ2n) is 6.34. The first-order valence-electron chi connectivity index (χ1n) is 9.54. The van der Waals surface area contributed by atoms with Crippen LogP contribution in [0.5, 0.6) is 17.4 Å². The summed E-state index contributed by atoms with van der Waals surface area (Å²) in [4.78, 5) is 4.61. The smallest absolute Gasteiger partial charge is 0.247 e. The number of aromatic nitrogens is 3. The summed E-state index contributed by atoms with van der Waals surface area (Å²) in [5.41, 5.74) is 3.24. The third kappa shape index (κ3) is 4.04. The van der Waals surface area contributed by atoms with Gasteiger partial charge in [0.05, 0.1) is 18.2 Å². The summed E-state index contributed by atoms with van der Waals surface area (Å²) in [6.07, 6.45) is -0.510. The number of nitrogens with one attached hydrogen (secondary N) is 1. The van der Waals surface area contributed by atoms with Crippen LogP contribution in [0.2, 0.25) is 0 Å². The van der Waals surface area contributed by atoms with Crippen molar-refractivity contribution in [3.8, 4) is 28.6 Å². The molecule has 4 rings (SSSR count). The minimum absolute atomic E-state index is 0.437. The van der Waals surface area contributed by atoms with Gasteiger partial charge in [-0.15, -0.1) is 10.2 Å². The van der Waals surface area contributed by atoms with Gasteiger partial charge in [0.15, 0.2) is 23.4 Å². The first kappa shape index (κ1) is 20.7. The van der Waals surface area contributed by atoms with Crippen molar-refractivity contribution in [2.75, 3.05) is 24.8 Å². The number of hydrogen-bond donors (Lipinski definition) is 1. The van der Waals surface area contributed by atoms with Gasteiger partial charge in [0.25, 0.3) is 0 Å². The second-order valence-corrected chi connectivity index (χ2v) is 8.42. The number of rotatable bonds is 6. The normalized spacial score (nSPS) is 14.6. The van der Waals surface area contributed by atoms with Crippen molar-refractivity contribution in [1.29, 1.82) is 0 Å². The molecule has 9 heteroatoms. The Labute approximate surface area is 187 Å². The fourth-order valence-electron chi connectivity index (χ4n) is 3.16. The van der Waals surface area contributed by atoms with Crippen LogP contribution in [-0.4, -0.2) is 34.7 Å². The molecule has 1 aliphatic heterocycles. The van der Waals surface area contributed by atoms with Crippen molar-refractivity contribution in [2.24, 2.45) is 0 Å². The number of para-hydroxylation sites is 1. The summed E-state index contributed by atoms with van der Waals surface area (Å²) in [6.45, 7) is 4.51. The van der Waals surface area contributed by atoms with Gasteiger partial charge in [0.2, 0.25) is 11.0 Å². The lowest BCUT2D eigenvalue weighted by molar-refractivity contribution is 0.224. The summed E-state index contributed by atoms with van der Waals surface area (Å²) in [5, 5.41) is 12.7. The Morgan fingerprint density at radius 1 is 1.20 bits per heavy atom. The molecule has 0 aliphatic carbocycles. The first-order chi connectivity index (χ1) is 14.6. The third-order valence-corrected chi connectivity index (χ3v) is 5.76. The summed E-state index contributed by atoms with van der Waals surface area (Å²) in [5.74, 6) is 2.56. The van der Waals surface area contributed by atoms with Crippen LogP contribution in [0.25, 0.3) is 11.3 Å². The van der Waals surface area contributed by atoms with E-state index in [1.807, 2.05) is 50.2 Å². The Morgan fingerprint density at radius 2 is 2.03 bits per heavy atom. The number of methoxy groups -OCH3 is 1. The summed E-state index contributed by atoms with van der Waals surface area (Å²) in [6, 6.07) is 11.7. The predicted molar refractivity (Wildman–Crippen MR) is 121 cm³/mol. The van der Waals surface area contributed by atoms with Gasteiger partial charge in [-0.25, -0.2) is 0 Å². The van der Waals surface area contributed by atoms with E-state index in [4.69, 9.17) is 14.2 Å². The minimum Gasteiger partial charge on any atom is -0.493 e. The summed E-state index contributed by atoms with van der Waals surface area (Å²) in [7, 11) is 1.62. The van der Waals surface area contributed by atoms with Crippen LogP contribution < -0.4 is 19.5 Å². The van der Waals surface area contributed by atoms with Gasteiger partial charge in [0, 0.05) is 16.8 Å². The van der Waals surface area contributed by atoms with Gasteiger partial charge in [-0.2, -0.15) is 4.98 Å². The van der Waals surface area contributed by atoms with Gasteiger partial charge in [-0.3, -0.25) is 0 Å². The van der Waals surface area contributed by atoms with Crippen LogP contribution in [0.3, 0.4) is 0 Å². The highest BCUT2D eigenvalue weighted by atomic mass is 79.9. The standard InChI is InChI=1S/C21H21BrN4O3S/c1-4-28-18-14(22)10-12(11-16(18)27-3)19-23-15-9-7-6-8-13(15)17-20(29-19)24-21(26-25-17)30-5-2/h6-11,19,23H,4-5H2,1-3H3/t19-/m0/s1. The van der Waals surface area contributed by atoms with E-state index >= 15 is 0 Å².